The molecule has 1 unspecified atom stereocenters. The highest BCUT2D eigenvalue weighted by molar-refractivity contribution is 5.94. The first-order chi connectivity index (χ1) is 18.2. The van der Waals surface area contributed by atoms with Crippen LogP contribution in [0.1, 0.15) is 83.3 Å². The Hall–Kier alpha value is -3.56. The highest BCUT2D eigenvalue weighted by atomic mass is 16.6. The van der Waals surface area contributed by atoms with Crippen LogP contribution in [0, 0.1) is 0 Å². The minimum absolute atomic E-state index is 0.0496. The lowest BCUT2D eigenvalue weighted by Gasteiger charge is -2.41. The molecule has 1 amide bonds. The number of hydrogen-bond acceptors (Lipinski definition) is 7. The molecule has 3 aromatic heterocycles. The van der Waals surface area contributed by atoms with Gasteiger partial charge in [-0.3, -0.25) is 4.57 Å². The summed E-state index contributed by atoms with van der Waals surface area (Å²) in [6.45, 7) is 15.1. The fraction of sp³-hybridized carbons (Fsp3) is 0.586. The van der Waals surface area contributed by atoms with Crippen molar-refractivity contribution in [3.05, 3.63) is 35.9 Å². The molecule has 5 rings (SSSR count). The molecule has 0 aromatic carbocycles. The smallest absolute Gasteiger partial charge is 0.410 e. The van der Waals surface area contributed by atoms with Crippen LogP contribution in [-0.2, 0) is 16.5 Å². The largest absolute Gasteiger partial charge is 0.455 e. The van der Waals surface area contributed by atoms with E-state index in [2.05, 4.69) is 22.6 Å². The molecule has 3 aromatic rings. The summed E-state index contributed by atoms with van der Waals surface area (Å²) in [6.07, 6.45) is 5.74. The van der Waals surface area contributed by atoms with E-state index in [4.69, 9.17) is 19.4 Å². The molecular weight excluding hydrogens is 496 g/mol. The summed E-state index contributed by atoms with van der Waals surface area (Å²) in [5, 5.41) is 1.04. The van der Waals surface area contributed by atoms with Gasteiger partial charge in [-0.25, -0.2) is 19.6 Å². The zero-order valence-corrected chi connectivity index (χ0v) is 24.3. The average molecular weight is 537 g/mol. The Kier molecular flexibility index (Phi) is 6.63. The van der Waals surface area contributed by atoms with Crippen LogP contribution in [0.25, 0.3) is 16.9 Å². The zero-order chi connectivity index (χ0) is 28.3. The SMILES string of the molecule is CC1CN(C(=O)OC(C)(C)C)CCN1c1ncnc2c1c(C1CC1)cn2-c1ccc(C(=O)OC(C)(C)C)n1C. The number of hydrogen-bond donors (Lipinski definition) is 0. The van der Waals surface area contributed by atoms with E-state index < -0.39 is 11.2 Å². The van der Waals surface area contributed by atoms with E-state index in [-0.39, 0.29) is 18.1 Å². The van der Waals surface area contributed by atoms with Crippen LogP contribution in [0.2, 0.25) is 0 Å². The molecule has 10 nitrogen and oxygen atoms in total. The average Bonchev–Trinajstić information content (AvgIpc) is 3.49. The number of rotatable bonds is 4. The van der Waals surface area contributed by atoms with Gasteiger partial charge >= 0.3 is 12.1 Å². The van der Waals surface area contributed by atoms with Gasteiger partial charge in [-0.2, -0.15) is 0 Å². The molecule has 0 bridgehead atoms. The number of fused-ring (bicyclic) bond motifs is 1. The summed E-state index contributed by atoms with van der Waals surface area (Å²) in [4.78, 5) is 39.1. The van der Waals surface area contributed by atoms with Crippen molar-refractivity contribution in [2.45, 2.75) is 84.5 Å². The van der Waals surface area contributed by atoms with Gasteiger partial charge in [-0.05, 0) is 84.9 Å². The predicted molar refractivity (Wildman–Crippen MR) is 150 cm³/mol. The zero-order valence-electron chi connectivity index (χ0n) is 24.3. The third kappa shape index (κ3) is 5.46. The quantitative estimate of drug-likeness (QED) is 0.431. The van der Waals surface area contributed by atoms with Crippen LogP contribution in [0.5, 0.6) is 0 Å². The van der Waals surface area contributed by atoms with Crippen molar-refractivity contribution in [2.24, 2.45) is 7.05 Å². The molecule has 1 atom stereocenters. The van der Waals surface area contributed by atoms with Crippen molar-refractivity contribution in [3.8, 4) is 5.82 Å². The molecule has 39 heavy (non-hydrogen) atoms. The molecule has 210 valence electrons. The van der Waals surface area contributed by atoms with Gasteiger partial charge in [-0.15, -0.1) is 0 Å². The number of esters is 1. The van der Waals surface area contributed by atoms with Gasteiger partial charge < -0.3 is 23.8 Å². The molecule has 1 aliphatic heterocycles. The van der Waals surface area contributed by atoms with E-state index >= 15 is 0 Å². The van der Waals surface area contributed by atoms with Crippen LogP contribution in [-0.4, -0.2) is 72.9 Å². The number of nitrogens with zero attached hydrogens (tertiary/aromatic N) is 6. The van der Waals surface area contributed by atoms with E-state index in [0.29, 0.717) is 31.2 Å². The summed E-state index contributed by atoms with van der Waals surface area (Å²) in [6, 6.07) is 3.78. The summed E-state index contributed by atoms with van der Waals surface area (Å²) in [5.74, 6) is 1.82. The van der Waals surface area contributed by atoms with Gasteiger partial charge in [0.05, 0.1) is 5.39 Å². The lowest BCUT2D eigenvalue weighted by atomic mass is 10.1. The first-order valence-corrected chi connectivity index (χ1v) is 13.7. The predicted octanol–water partition coefficient (Wildman–Crippen LogP) is 5.04. The molecule has 1 saturated heterocycles. The van der Waals surface area contributed by atoms with Crippen molar-refractivity contribution in [3.63, 3.8) is 0 Å². The Morgan fingerprint density at radius 1 is 0.974 bits per heavy atom. The Labute approximate surface area is 229 Å². The van der Waals surface area contributed by atoms with Gasteiger partial charge in [-0.1, -0.05) is 0 Å². The molecule has 2 fully saturated rings. The second kappa shape index (κ2) is 9.57. The molecular formula is C29H40N6O4. The van der Waals surface area contributed by atoms with Crippen LogP contribution < -0.4 is 4.90 Å². The minimum atomic E-state index is -0.576. The third-order valence-corrected chi connectivity index (χ3v) is 7.11. The van der Waals surface area contributed by atoms with Crippen molar-refractivity contribution in [1.82, 2.24) is 24.0 Å². The topological polar surface area (TPSA) is 94.7 Å². The fourth-order valence-corrected chi connectivity index (χ4v) is 5.21. The Balaban J connectivity index is 1.49. The second-order valence-electron chi connectivity index (χ2n) is 12.7. The van der Waals surface area contributed by atoms with Crippen molar-refractivity contribution in [2.75, 3.05) is 24.5 Å². The summed E-state index contributed by atoms with van der Waals surface area (Å²) < 4.78 is 15.1. The van der Waals surface area contributed by atoms with Crippen LogP contribution >= 0.6 is 0 Å². The maximum Gasteiger partial charge on any atom is 0.410 e. The van der Waals surface area contributed by atoms with E-state index in [1.54, 1.807) is 17.3 Å². The first-order valence-electron chi connectivity index (χ1n) is 13.7. The minimum Gasteiger partial charge on any atom is -0.455 e. The number of piperazine rings is 1. The first kappa shape index (κ1) is 27.0. The molecule has 2 aliphatic rings. The Bertz CT molecular complexity index is 1410. The number of carbonyl (C=O) groups is 2. The second-order valence-corrected chi connectivity index (χ2v) is 12.7. The molecule has 10 heteroatoms. The number of ether oxygens (including phenoxy) is 2. The molecule has 0 radical (unpaired) electrons. The lowest BCUT2D eigenvalue weighted by Crippen LogP contribution is -2.54. The third-order valence-electron chi connectivity index (χ3n) is 7.11. The van der Waals surface area contributed by atoms with Gasteiger partial charge in [0.2, 0.25) is 0 Å². The molecule has 1 aliphatic carbocycles. The maximum atomic E-state index is 12.8. The van der Waals surface area contributed by atoms with Gasteiger partial charge in [0.15, 0.2) is 5.65 Å². The van der Waals surface area contributed by atoms with Gasteiger partial charge in [0.25, 0.3) is 0 Å². The van der Waals surface area contributed by atoms with Crippen LogP contribution in [0.15, 0.2) is 24.7 Å². The lowest BCUT2D eigenvalue weighted by molar-refractivity contribution is 0.00582. The van der Waals surface area contributed by atoms with Crippen molar-refractivity contribution < 1.29 is 19.1 Å². The number of aromatic nitrogens is 4. The van der Waals surface area contributed by atoms with Gasteiger partial charge in [0.1, 0.15) is 34.9 Å². The highest BCUT2D eigenvalue weighted by Gasteiger charge is 2.35. The number of carbonyl (C=O) groups excluding carboxylic acids is 2. The monoisotopic (exact) mass is 536 g/mol. The van der Waals surface area contributed by atoms with Gasteiger partial charge in [0, 0.05) is 38.9 Å². The number of amides is 1. The van der Waals surface area contributed by atoms with E-state index in [0.717, 1.165) is 35.5 Å². The summed E-state index contributed by atoms with van der Waals surface area (Å²) in [5.41, 5.74) is 1.41. The normalized spacial score (nSPS) is 18.5. The summed E-state index contributed by atoms with van der Waals surface area (Å²) in [7, 11) is 1.87. The van der Waals surface area contributed by atoms with E-state index in [1.165, 1.54) is 5.56 Å². The van der Waals surface area contributed by atoms with Crippen LogP contribution in [0.4, 0.5) is 10.6 Å². The molecule has 0 N–H and O–H groups in total. The van der Waals surface area contributed by atoms with E-state index in [1.807, 2.05) is 59.2 Å². The molecule has 4 heterocycles. The molecule has 0 spiro atoms. The number of anilines is 1. The van der Waals surface area contributed by atoms with E-state index in [9.17, 15) is 9.59 Å². The standard InChI is InChI=1S/C29H40N6O4/c1-18-15-33(27(37)39-29(5,6)7)13-14-34(18)24-23-20(19-9-10-19)16-35(25(23)31-17-30-24)22-12-11-21(32(22)8)26(36)38-28(2,3)4/h11-12,16-19H,9-10,13-15H2,1-8H3. The van der Waals surface area contributed by atoms with Crippen LogP contribution in [0.3, 0.4) is 0 Å². The summed E-state index contributed by atoms with van der Waals surface area (Å²) >= 11 is 0. The van der Waals surface area contributed by atoms with Crippen molar-refractivity contribution in [1.29, 1.82) is 0 Å². The Morgan fingerprint density at radius 3 is 2.28 bits per heavy atom. The highest BCUT2D eigenvalue weighted by Crippen LogP contribution is 2.46. The Morgan fingerprint density at radius 2 is 1.67 bits per heavy atom. The molecule has 1 saturated carbocycles. The van der Waals surface area contributed by atoms with Crippen molar-refractivity contribution >= 4 is 28.9 Å². The maximum absolute atomic E-state index is 12.8. The fourth-order valence-electron chi connectivity index (χ4n) is 5.21.